The molecule has 4 nitrogen and oxygen atoms in total. The van der Waals surface area contributed by atoms with E-state index in [1.807, 2.05) is 12.1 Å². The van der Waals surface area contributed by atoms with Gasteiger partial charge >= 0.3 is 0 Å². The third-order valence-corrected chi connectivity index (χ3v) is 5.79. The molecular weight excluding hydrogens is 272 g/mol. The van der Waals surface area contributed by atoms with Crippen molar-refractivity contribution in [2.75, 3.05) is 25.5 Å². The Bertz CT molecular complexity index is 557. The summed E-state index contributed by atoms with van der Waals surface area (Å²) in [6, 6.07) is 7.15. The second kappa shape index (κ2) is 6.14. The smallest absolute Gasteiger partial charge is 0.244 e. The lowest BCUT2D eigenvalue weighted by atomic mass is 10.3. The summed E-state index contributed by atoms with van der Waals surface area (Å²) < 4.78 is 26.8. The molecule has 1 aliphatic carbocycles. The van der Waals surface area contributed by atoms with Crippen molar-refractivity contribution in [1.82, 2.24) is 4.31 Å². The fraction of sp³-hybridized carbons (Fsp3) is 0.600. The van der Waals surface area contributed by atoms with Crippen molar-refractivity contribution in [2.45, 2.75) is 31.6 Å². The van der Waals surface area contributed by atoms with Gasteiger partial charge in [-0.05, 0) is 36.8 Å². The highest BCUT2D eigenvalue weighted by atomic mass is 32.2. The largest absolute Gasteiger partial charge is 0.384 e. The molecule has 2 unspecified atom stereocenters. The Morgan fingerprint density at radius 3 is 2.60 bits per heavy atom. The van der Waals surface area contributed by atoms with Crippen LogP contribution in [0, 0.1) is 11.8 Å². The summed E-state index contributed by atoms with van der Waals surface area (Å²) in [6.45, 7) is 5.62. The molecule has 1 aromatic rings. The van der Waals surface area contributed by atoms with Gasteiger partial charge in [-0.1, -0.05) is 26.0 Å². The molecule has 1 saturated carbocycles. The Hall–Kier alpha value is -1.07. The number of sulfonamides is 1. The zero-order chi connectivity index (χ0) is 14.8. The maximum absolute atomic E-state index is 12.7. The highest BCUT2D eigenvalue weighted by molar-refractivity contribution is 7.89. The quantitative estimate of drug-likeness (QED) is 0.841. The first-order valence-electron chi connectivity index (χ1n) is 7.26. The molecule has 0 radical (unpaired) electrons. The number of hydrogen-bond acceptors (Lipinski definition) is 3. The summed E-state index contributed by atoms with van der Waals surface area (Å²) in [4.78, 5) is 0.379. The molecule has 5 heteroatoms. The first-order chi connectivity index (χ1) is 9.46. The average molecular weight is 296 g/mol. The summed E-state index contributed by atoms with van der Waals surface area (Å²) in [5, 5.41) is 3.20. The molecule has 0 amide bonds. The zero-order valence-corrected chi connectivity index (χ0v) is 13.3. The molecule has 1 aromatic carbocycles. The zero-order valence-electron chi connectivity index (χ0n) is 12.5. The predicted molar refractivity (Wildman–Crippen MR) is 82.3 cm³/mol. The molecule has 1 aliphatic rings. The standard InChI is InChI=1S/C15H24N2O2S/c1-4-9-16-14-7-5-6-8-15(14)20(18,19)17(3)11-13-10-12(13)2/h5-8,12-13,16H,4,9-11H2,1-3H3. The number of rotatable bonds is 7. The van der Waals surface area contributed by atoms with Gasteiger partial charge in [0.2, 0.25) is 10.0 Å². The Balaban J connectivity index is 2.19. The summed E-state index contributed by atoms with van der Waals surface area (Å²) in [5.74, 6) is 1.17. The highest BCUT2D eigenvalue weighted by Gasteiger charge is 2.36. The number of para-hydroxylation sites is 1. The van der Waals surface area contributed by atoms with Gasteiger partial charge in [0.1, 0.15) is 4.90 Å². The summed E-state index contributed by atoms with van der Waals surface area (Å²) in [7, 11) is -1.73. The molecule has 2 atom stereocenters. The van der Waals surface area contributed by atoms with Gasteiger partial charge in [0.05, 0.1) is 5.69 Å². The van der Waals surface area contributed by atoms with Gasteiger partial charge < -0.3 is 5.32 Å². The summed E-state index contributed by atoms with van der Waals surface area (Å²) >= 11 is 0. The minimum atomic E-state index is -3.41. The molecule has 1 fully saturated rings. The van der Waals surface area contributed by atoms with Crippen molar-refractivity contribution in [3.8, 4) is 0 Å². The van der Waals surface area contributed by atoms with E-state index < -0.39 is 10.0 Å². The fourth-order valence-corrected chi connectivity index (χ4v) is 3.74. The molecule has 0 aliphatic heterocycles. The lowest BCUT2D eigenvalue weighted by molar-refractivity contribution is 0.445. The van der Waals surface area contributed by atoms with Crippen LogP contribution in [0.15, 0.2) is 29.2 Å². The lowest BCUT2D eigenvalue weighted by Gasteiger charge is -2.19. The summed E-state index contributed by atoms with van der Waals surface area (Å²) in [6.07, 6.45) is 2.10. The normalized spacial score (nSPS) is 22.0. The number of anilines is 1. The molecule has 0 saturated heterocycles. The van der Waals surface area contributed by atoms with Crippen molar-refractivity contribution >= 4 is 15.7 Å². The van der Waals surface area contributed by atoms with Gasteiger partial charge in [-0.3, -0.25) is 0 Å². The van der Waals surface area contributed by atoms with Gasteiger partial charge in [0, 0.05) is 20.1 Å². The van der Waals surface area contributed by atoms with Crippen LogP contribution in [-0.4, -0.2) is 32.9 Å². The molecule has 0 bridgehead atoms. The first kappa shape index (κ1) is 15.3. The maximum Gasteiger partial charge on any atom is 0.244 e. The number of nitrogens with one attached hydrogen (secondary N) is 1. The van der Waals surface area contributed by atoms with Crippen LogP contribution in [0.5, 0.6) is 0 Å². The minimum absolute atomic E-state index is 0.379. The van der Waals surface area contributed by atoms with Crippen LogP contribution in [0.1, 0.15) is 26.7 Å². The van der Waals surface area contributed by atoms with Crippen LogP contribution >= 0.6 is 0 Å². The van der Waals surface area contributed by atoms with Crippen LogP contribution in [0.25, 0.3) is 0 Å². The molecule has 1 N–H and O–H groups in total. The summed E-state index contributed by atoms with van der Waals surface area (Å²) in [5.41, 5.74) is 0.699. The molecule has 20 heavy (non-hydrogen) atoms. The second-order valence-electron chi connectivity index (χ2n) is 5.68. The maximum atomic E-state index is 12.7. The molecule has 112 valence electrons. The minimum Gasteiger partial charge on any atom is -0.384 e. The molecule has 0 aromatic heterocycles. The van der Waals surface area contributed by atoms with Gasteiger partial charge in [-0.25, -0.2) is 12.7 Å². The fourth-order valence-electron chi connectivity index (χ4n) is 2.35. The van der Waals surface area contributed by atoms with Gasteiger partial charge in [-0.2, -0.15) is 0 Å². The van der Waals surface area contributed by atoms with E-state index in [-0.39, 0.29) is 0 Å². The predicted octanol–water partition coefficient (Wildman–Crippen LogP) is 2.79. The topological polar surface area (TPSA) is 49.4 Å². The van der Waals surface area contributed by atoms with Crippen LogP contribution < -0.4 is 5.32 Å². The van der Waals surface area contributed by atoms with Crippen LogP contribution in [0.4, 0.5) is 5.69 Å². The van der Waals surface area contributed by atoms with Crippen molar-refractivity contribution < 1.29 is 8.42 Å². The third-order valence-electron chi connectivity index (χ3n) is 3.91. The molecule has 2 rings (SSSR count). The second-order valence-corrected chi connectivity index (χ2v) is 7.69. The van der Waals surface area contributed by atoms with Crippen molar-refractivity contribution in [3.05, 3.63) is 24.3 Å². The van der Waals surface area contributed by atoms with E-state index in [0.29, 0.717) is 29.0 Å². The molecular formula is C15H24N2O2S. The number of nitrogens with zero attached hydrogens (tertiary/aromatic N) is 1. The van der Waals surface area contributed by atoms with Gasteiger partial charge in [0.25, 0.3) is 0 Å². The van der Waals surface area contributed by atoms with E-state index in [1.165, 1.54) is 4.31 Å². The van der Waals surface area contributed by atoms with E-state index in [1.54, 1.807) is 19.2 Å². The van der Waals surface area contributed by atoms with E-state index in [0.717, 1.165) is 19.4 Å². The third kappa shape index (κ3) is 3.33. The SMILES string of the molecule is CCCNc1ccccc1S(=O)(=O)N(C)CC1CC1C. The Morgan fingerprint density at radius 1 is 1.35 bits per heavy atom. The van der Waals surface area contributed by atoms with E-state index in [2.05, 4.69) is 19.2 Å². The lowest BCUT2D eigenvalue weighted by Crippen LogP contribution is -2.30. The Morgan fingerprint density at radius 2 is 2.00 bits per heavy atom. The number of hydrogen-bond donors (Lipinski definition) is 1. The first-order valence-corrected chi connectivity index (χ1v) is 8.70. The van der Waals surface area contributed by atoms with E-state index >= 15 is 0 Å². The van der Waals surface area contributed by atoms with Crippen molar-refractivity contribution in [3.63, 3.8) is 0 Å². The average Bonchev–Trinajstić information content (AvgIpc) is 3.12. The van der Waals surface area contributed by atoms with Crippen LogP contribution in [-0.2, 0) is 10.0 Å². The van der Waals surface area contributed by atoms with Crippen LogP contribution in [0.2, 0.25) is 0 Å². The number of benzene rings is 1. The van der Waals surface area contributed by atoms with Crippen LogP contribution in [0.3, 0.4) is 0 Å². The monoisotopic (exact) mass is 296 g/mol. The highest BCUT2D eigenvalue weighted by Crippen LogP contribution is 2.39. The van der Waals surface area contributed by atoms with Crippen molar-refractivity contribution in [2.24, 2.45) is 11.8 Å². The van der Waals surface area contributed by atoms with E-state index in [9.17, 15) is 8.42 Å². The van der Waals surface area contributed by atoms with Gasteiger partial charge in [-0.15, -0.1) is 0 Å². The van der Waals surface area contributed by atoms with Gasteiger partial charge in [0.15, 0.2) is 0 Å². The Kier molecular flexibility index (Phi) is 4.70. The van der Waals surface area contributed by atoms with Crippen molar-refractivity contribution in [1.29, 1.82) is 0 Å². The molecule has 0 spiro atoms. The molecule has 0 heterocycles. The van der Waals surface area contributed by atoms with E-state index in [4.69, 9.17) is 0 Å². The Labute approximate surface area is 122 Å².